The van der Waals surface area contributed by atoms with Gasteiger partial charge in [-0.2, -0.15) is 0 Å². The Balaban J connectivity index is 1.79. The molecule has 0 aliphatic carbocycles. The van der Waals surface area contributed by atoms with Crippen molar-refractivity contribution in [2.24, 2.45) is 0 Å². The third-order valence-electron chi connectivity index (χ3n) is 4.47. The highest BCUT2D eigenvalue weighted by Crippen LogP contribution is 2.40. The van der Waals surface area contributed by atoms with Crippen LogP contribution in [0.2, 0.25) is 0 Å². The quantitative estimate of drug-likeness (QED) is 0.529. The summed E-state index contributed by atoms with van der Waals surface area (Å²) in [7, 11) is 0.347. The molecule has 0 aliphatic heterocycles. The average Bonchev–Trinajstić information content (AvgIpc) is 2.79. The van der Waals surface area contributed by atoms with E-state index in [-0.39, 0.29) is 16.1 Å². The van der Waals surface area contributed by atoms with E-state index in [4.69, 9.17) is 14.2 Å². The molecule has 32 heavy (non-hydrogen) atoms. The molecule has 0 aliphatic rings. The molecular weight excluding hydrogens is 439 g/mol. The molecule has 1 amide bonds. The predicted molar refractivity (Wildman–Crippen MR) is 118 cm³/mol. The number of hydrogen-bond donors (Lipinski definition) is 2. The summed E-state index contributed by atoms with van der Waals surface area (Å²) < 4.78 is 56.7. The standard InChI is InChI=1S/C22H21FN2O6S/c1-29-19-12-15(13-20(30-2)21(19)31-3)24-22(26)14-8-10-16(11-9-14)32(27,28)25-18-7-5-4-6-17(18)23/h4-13,25H,1-3H3,(H,24,26). The van der Waals surface area contributed by atoms with Crippen molar-refractivity contribution in [2.75, 3.05) is 31.4 Å². The van der Waals surface area contributed by atoms with Gasteiger partial charge >= 0.3 is 0 Å². The van der Waals surface area contributed by atoms with E-state index in [0.29, 0.717) is 22.9 Å². The summed E-state index contributed by atoms with van der Waals surface area (Å²) in [6.07, 6.45) is 0. The lowest BCUT2D eigenvalue weighted by molar-refractivity contribution is 0.102. The smallest absolute Gasteiger partial charge is 0.261 e. The van der Waals surface area contributed by atoms with E-state index in [9.17, 15) is 17.6 Å². The van der Waals surface area contributed by atoms with Crippen molar-refractivity contribution in [3.05, 3.63) is 72.0 Å². The van der Waals surface area contributed by atoms with Gasteiger partial charge in [0.2, 0.25) is 5.75 Å². The summed E-state index contributed by atoms with van der Waals surface area (Å²) in [5, 5.41) is 2.70. The highest BCUT2D eigenvalue weighted by atomic mass is 32.2. The highest BCUT2D eigenvalue weighted by Gasteiger charge is 2.18. The van der Waals surface area contributed by atoms with Crippen LogP contribution in [0.1, 0.15) is 10.4 Å². The van der Waals surface area contributed by atoms with Crippen LogP contribution in [0, 0.1) is 5.82 Å². The fourth-order valence-electron chi connectivity index (χ4n) is 2.89. The van der Waals surface area contributed by atoms with Gasteiger partial charge in [-0.1, -0.05) is 12.1 Å². The zero-order valence-electron chi connectivity index (χ0n) is 17.5. The molecule has 0 saturated heterocycles. The van der Waals surface area contributed by atoms with Gasteiger partial charge in [0.15, 0.2) is 11.5 Å². The summed E-state index contributed by atoms with van der Waals surface area (Å²) in [5.41, 5.74) is 0.433. The predicted octanol–water partition coefficient (Wildman–Crippen LogP) is 3.90. The Hall–Kier alpha value is -3.79. The second-order valence-electron chi connectivity index (χ2n) is 6.48. The van der Waals surface area contributed by atoms with Crippen molar-refractivity contribution in [1.82, 2.24) is 0 Å². The number of halogens is 1. The molecule has 10 heteroatoms. The number of hydrogen-bond acceptors (Lipinski definition) is 6. The van der Waals surface area contributed by atoms with E-state index in [2.05, 4.69) is 10.0 Å². The lowest BCUT2D eigenvalue weighted by Gasteiger charge is -2.14. The van der Waals surface area contributed by atoms with Crippen LogP contribution in [-0.4, -0.2) is 35.7 Å². The molecular formula is C22H21FN2O6S. The minimum atomic E-state index is -4.03. The largest absolute Gasteiger partial charge is 0.493 e. The average molecular weight is 460 g/mol. The molecule has 0 fully saturated rings. The Morgan fingerprint density at radius 3 is 2.00 bits per heavy atom. The monoisotopic (exact) mass is 460 g/mol. The summed E-state index contributed by atoms with van der Waals surface area (Å²) in [6.45, 7) is 0. The molecule has 0 radical (unpaired) electrons. The van der Waals surface area contributed by atoms with Crippen LogP contribution in [0.3, 0.4) is 0 Å². The number of benzene rings is 3. The van der Waals surface area contributed by atoms with Crippen LogP contribution in [0.15, 0.2) is 65.6 Å². The molecule has 2 N–H and O–H groups in total. The molecule has 3 rings (SSSR count). The number of nitrogens with one attached hydrogen (secondary N) is 2. The van der Waals surface area contributed by atoms with Gasteiger partial charge in [0.05, 0.1) is 31.9 Å². The number of carbonyl (C=O) groups excluding carboxylic acids is 1. The summed E-state index contributed by atoms with van der Waals surface area (Å²) >= 11 is 0. The van der Waals surface area contributed by atoms with Crippen LogP contribution in [0.4, 0.5) is 15.8 Å². The van der Waals surface area contributed by atoms with Gasteiger partial charge in [-0.3, -0.25) is 9.52 Å². The van der Waals surface area contributed by atoms with Gasteiger partial charge in [-0.25, -0.2) is 12.8 Å². The Morgan fingerprint density at radius 1 is 0.875 bits per heavy atom. The first kappa shape index (κ1) is 22.9. The molecule has 3 aromatic carbocycles. The molecule has 0 saturated carbocycles. The SMILES string of the molecule is COc1cc(NC(=O)c2ccc(S(=O)(=O)Nc3ccccc3F)cc2)cc(OC)c1OC. The van der Waals surface area contributed by atoms with Crippen LogP contribution < -0.4 is 24.2 Å². The minimum absolute atomic E-state index is 0.120. The molecule has 0 heterocycles. The second-order valence-corrected chi connectivity index (χ2v) is 8.16. The van der Waals surface area contributed by atoms with E-state index in [0.717, 1.165) is 6.07 Å². The summed E-state index contributed by atoms with van der Waals surface area (Å²) in [5.74, 6) is -0.0711. The van der Waals surface area contributed by atoms with Crippen molar-refractivity contribution in [3.8, 4) is 17.2 Å². The summed E-state index contributed by atoms with van der Waals surface area (Å²) in [4.78, 5) is 12.5. The molecule has 0 aromatic heterocycles. The third-order valence-corrected chi connectivity index (χ3v) is 5.85. The lowest BCUT2D eigenvalue weighted by atomic mass is 10.2. The molecule has 3 aromatic rings. The van der Waals surface area contributed by atoms with Gasteiger partial charge in [-0.15, -0.1) is 0 Å². The van der Waals surface area contributed by atoms with Crippen LogP contribution in [0.5, 0.6) is 17.2 Å². The lowest BCUT2D eigenvalue weighted by Crippen LogP contribution is -2.15. The van der Waals surface area contributed by atoms with Gasteiger partial charge < -0.3 is 19.5 Å². The van der Waals surface area contributed by atoms with E-state index in [1.54, 1.807) is 12.1 Å². The van der Waals surface area contributed by atoms with Crippen LogP contribution in [-0.2, 0) is 10.0 Å². The maximum Gasteiger partial charge on any atom is 0.261 e. The third kappa shape index (κ3) is 4.92. The zero-order valence-corrected chi connectivity index (χ0v) is 18.3. The second kappa shape index (κ2) is 9.56. The number of amides is 1. The van der Waals surface area contributed by atoms with Gasteiger partial charge in [0, 0.05) is 23.4 Å². The zero-order chi connectivity index (χ0) is 23.3. The Bertz CT molecular complexity index is 1200. The van der Waals surface area contributed by atoms with E-state index in [1.807, 2.05) is 0 Å². The van der Waals surface area contributed by atoms with Crippen molar-refractivity contribution >= 4 is 27.3 Å². The fourth-order valence-corrected chi connectivity index (χ4v) is 3.96. The van der Waals surface area contributed by atoms with Crippen molar-refractivity contribution in [1.29, 1.82) is 0 Å². The number of para-hydroxylation sites is 1. The number of anilines is 2. The highest BCUT2D eigenvalue weighted by molar-refractivity contribution is 7.92. The molecule has 0 spiro atoms. The van der Waals surface area contributed by atoms with Crippen LogP contribution in [0.25, 0.3) is 0 Å². The first-order chi connectivity index (χ1) is 15.3. The normalized spacial score (nSPS) is 10.9. The number of methoxy groups -OCH3 is 3. The van der Waals surface area contributed by atoms with Crippen molar-refractivity contribution in [2.45, 2.75) is 4.90 Å². The fraction of sp³-hybridized carbons (Fsp3) is 0.136. The summed E-state index contributed by atoms with van der Waals surface area (Å²) in [6, 6.07) is 13.8. The molecule has 168 valence electrons. The topological polar surface area (TPSA) is 103 Å². The maximum atomic E-state index is 13.8. The van der Waals surface area contributed by atoms with Crippen LogP contribution >= 0.6 is 0 Å². The first-order valence-corrected chi connectivity index (χ1v) is 10.8. The van der Waals surface area contributed by atoms with Crippen molar-refractivity contribution in [3.63, 3.8) is 0 Å². The molecule has 0 bridgehead atoms. The maximum absolute atomic E-state index is 13.8. The number of ether oxygens (including phenoxy) is 3. The Morgan fingerprint density at radius 2 is 1.47 bits per heavy atom. The van der Waals surface area contributed by atoms with Gasteiger partial charge in [0.25, 0.3) is 15.9 Å². The number of carbonyl (C=O) groups is 1. The number of sulfonamides is 1. The Kier molecular flexibility index (Phi) is 6.84. The molecule has 0 unspecified atom stereocenters. The van der Waals surface area contributed by atoms with Gasteiger partial charge in [-0.05, 0) is 36.4 Å². The minimum Gasteiger partial charge on any atom is -0.493 e. The van der Waals surface area contributed by atoms with E-state index in [1.165, 1.54) is 63.8 Å². The van der Waals surface area contributed by atoms with Crippen molar-refractivity contribution < 1.29 is 31.8 Å². The Labute approximate surface area is 185 Å². The number of rotatable bonds is 8. The van der Waals surface area contributed by atoms with Gasteiger partial charge in [0.1, 0.15) is 5.82 Å². The molecule has 8 nitrogen and oxygen atoms in total. The van der Waals surface area contributed by atoms with E-state index >= 15 is 0 Å². The molecule has 0 atom stereocenters. The van der Waals surface area contributed by atoms with E-state index < -0.39 is 21.7 Å². The first-order valence-electron chi connectivity index (χ1n) is 9.28.